The van der Waals surface area contributed by atoms with E-state index in [0.717, 1.165) is 22.6 Å². The van der Waals surface area contributed by atoms with Gasteiger partial charge in [-0.05, 0) is 37.6 Å². The Morgan fingerprint density at radius 3 is 2.75 bits per heavy atom. The average molecular weight is 290 g/mol. The maximum atomic E-state index is 11.9. The fraction of sp³-hybridized carbons (Fsp3) is 0.200. The molecule has 1 heterocycles. The first kappa shape index (κ1) is 14.3. The number of aromatic nitrogens is 2. The van der Waals surface area contributed by atoms with Crippen LogP contribution in [0.3, 0.4) is 0 Å². The van der Waals surface area contributed by atoms with Gasteiger partial charge in [0.15, 0.2) is 0 Å². The number of carbonyl (C=O) groups is 1. The molecule has 1 aromatic heterocycles. The van der Waals surface area contributed by atoms with E-state index in [1.807, 2.05) is 33.0 Å². The van der Waals surface area contributed by atoms with Crippen LogP contribution in [0.4, 0.5) is 5.69 Å². The van der Waals surface area contributed by atoms with Crippen molar-refractivity contribution in [3.8, 4) is 0 Å². The van der Waals surface area contributed by atoms with Gasteiger partial charge in [-0.2, -0.15) is 5.10 Å². The number of nitrogens with zero attached hydrogens (tertiary/aromatic N) is 2. The van der Waals surface area contributed by atoms with Crippen LogP contribution in [0.25, 0.3) is 6.08 Å². The van der Waals surface area contributed by atoms with Crippen molar-refractivity contribution < 1.29 is 4.79 Å². The second kappa shape index (κ2) is 5.92. The Labute approximate surface area is 123 Å². The van der Waals surface area contributed by atoms with Crippen molar-refractivity contribution in [1.82, 2.24) is 9.78 Å². The Hall–Kier alpha value is -2.07. The Morgan fingerprint density at radius 1 is 1.40 bits per heavy atom. The molecule has 2 aromatic rings. The molecule has 1 amide bonds. The normalized spacial score (nSPS) is 11.0. The summed E-state index contributed by atoms with van der Waals surface area (Å²) in [7, 11) is 1.85. The number of hydrogen-bond acceptors (Lipinski definition) is 2. The van der Waals surface area contributed by atoms with E-state index in [4.69, 9.17) is 11.6 Å². The van der Waals surface area contributed by atoms with Gasteiger partial charge in [-0.15, -0.1) is 0 Å². The summed E-state index contributed by atoms with van der Waals surface area (Å²) in [5.41, 5.74) is 3.36. The first-order valence-corrected chi connectivity index (χ1v) is 6.60. The maximum Gasteiger partial charge on any atom is 0.248 e. The van der Waals surface area contributed by atoms with Crippen LogP contribution in [0.1, 0.15) is 17.0 Å². The van der Waals surface area contributed by atoms with Crippen molar-refractivity contribution in [2.75, 3.05) is 5.32 Å². The van der Waals surface area contributed by atoms with Gasteiger partial charge in [-0.25, -0.2) is 0 Å². The molecule has 20 heavy (non-hydrogen) atoms. The minimum atomic E-state index is -0.191. The van der Waals surface area contributed by atoms with E-state index >= 15 is 0 Å². The predicted molar refractivity (Wildman–Crippen MR) is 81.8 cm³/mol. The van der Waals surface area contributed by atoms with Crippen LogP contribution in [-0.2, 0) is 11.8 Å². The molecule has 0 bridgehead atoms. The largest absolute Gasteiger partial charge is 0.319 e. The number of halogens is 1. The lowest BCUT2D eigenvalue weighted by Gasteiger charge is -2.02. The Morgan fingerprint density at radius 2 is 2.15 bits per heavy atom. The van der Waals surface area contributed by atoms with Crippen molar-refractivity contribution in [2.24, 2.45) is 7.05 Å². The molecule has 0 unspecified atom stereocenters. The molecule has 2 rings (SSSR count). The first-order valence-electron chi connectivity index (χ1n) is 6.22. The summed E-state index contributed by atoms with van der Waals surface area (Å²) in [5.74, 6) is -0.191. The second-order valence-corrected chi connectivity index (χ2v) is 4.98. The SMILES string of the molecule is Cc1nn(C)c(C)c1NC(=O)/C=C/c1cccc(Cl)c1. The third-order valence-electron chi connectivity index (χ3n) is 3.03. The van der Waals surface area contributed by atoms with Gasteiger partial charge in [-0.1, -0.05) is 23.7 Å². The summed E-state index contributed by atoms with van der Waals surface area (Å²) >= 11 is 5.89. The lowest BCUT2D eigenvalue weighted by Crippen LogP contribution is -2.09. The monoisotopic (exact) mass is 289 g/mol. The lowest BCUT2D eigenvalue weighted by atomic mass is 10.2. The molecule has 0 aliphatic carbocycles. The highest BCUT2D eigenvalue weighted by Crippen LogP contribution is 2.18. The number of benzene rings is 1. The molecule has 0 atom stereocenters. The zero-order chi connectivity index (χ0) is 14.7. The Balaban J connectivity index is 2.09. The van der Waals surface area contributed by atoms with Gasteiger partial charge in [0.05, 0.1) is 17.1 Å². The molecule has 104 valence electrons. The number of anilines is 1. The number of carbonyl (C=O) groups excluding carboxylic acids is 1. The van der Waals surface area contributed by atoms with Crippen LogP contribution in [0.2, 0.25) is 5.02 Å². The van der Waals surface area contributed by atoms with Crippen molar-refractivity contribution in [3.05, 3.63) is 52.3 Å². The summed E-state index contributed by atoms with van der Waals surface area (Å²) in [4.78, 5) is 11.9. The Bertz CT molecular complexity index is 674. The van der Waals surface area contributed by atoms with Gasteiger partial charge in [0, 0.05) is 18.1 Å². The average Bonchev–Trinajstić information content (AvgIpc) is 2.63. The zero-order valence-electron chi connectivity index (χ0n) is 11.6. The lowest BCUT2D eigenvalue weighted by molar-refractivity contribution is -0.111. The molecule has 0 saturated carbocycles. The van der Waals surface area contributed by atoms with E-state index < -0.39 is 0 Å². The molecule has 4 nitrogen and oxygen atoms in total. The highest BCUT2D eigenvalue weighted by atomic mass is 35.5. The summed E-state index contributed by atoms with van der Waals surface area (Å²) in [6.45, 7) is 3.78. The molecular weight excluding hydrogens is 274 g/mol. The van der Waals surface area contributed by atoms with E-state index in [0.29, 0.717) is 5.02 Å². The summed E-state index contributed by atoms with van der Waals surface area (Å²) < 4.78 is 1.74. The van der Waals surface area contributed by atoms with E-state index in [1.54, 1.807) is 22.9 Å². The fourth-order valence-electron chi connectivity index (χ4n) is 1.90. The van der Waals surface area contributed by atoms with Crippen LogP contribution >= 0.6 is 11.6 Å². The fourth-order valence-corrected chi connectivity index (χ4v) is 2.10. The molecule has 1 N–H and O–H groups in total. The number of amides is 1. The van der Waals surface area contributed by atoms with Crippen LogP contribution < -0.4 is 5.32 Å². The van der Waals surface area contributed by atoms with Gasteiger partial charge in [0.25, 0.3) is 0 Å². The molecule has 0 aliphatic rings. The van der Waals surface area contributed by atoms with Gasteiger partial charge < -0.3 is 5.32 Å². The highest BCUT2D eigenvalue weighted by molar-refractivity contribution is 6.30. The highest BCUT2D eigenvalue weighted by Gasteiger charge is 2.10. The van der Waals surface area contributed by atoms with Gasteiger partial charge >= 0.3 is 0 Å². The molecule has 0 saturated heterocycles. The van der Waals surface area contributed by atoms with Crippen LogP contribution in [0, 0.1) is 13.8 Å². The summed E-state index contributed by atoms with van der Waals surface area (Å²) in [5, 5.41) is 7.74. The van der Waals surface area contributed by atoms with Crippen LogP contribution in [0.15, 0.2) is 30.3 Å². The van der Waals surface area contributed by atoms with Gasteiger partial charge in [0.1, 0.15) is 0 Å². The second-order valence-electron chi connectivity index (χ2n) is 4.55. The van der Waals surface area contributed by atoms with E-state index in [-0.39, 0.29) is 5.91 Å². The van der Waals surface area contributed by atoms with E-state index in [2.05, 4.69) is 10.4 Å². The number of hydrogen-bond donors (Lipinski definition) is 1. The zero-order valence-corrected chi connectivity index (χ0v) is 12.4. The molecule has 1 aromatic carbocycles. The van der Waals surface area contributed by atoms with Crippen molar-refractivity contribution in [3.63, 3.8) is 0 Å². The van der Waals surface area contributed by atoms with Crippen LogP contribution in [0.5, 0.6) is 0 Å². The van der Waals surface area contributed by atoms with Crippen LogP contribution in [-0.4, -0.2) is 15.7 Å². The predicted octanol–water partition coefficient (Wildman–Crippen LogP) is 3.34. The van der Waals surface area contributed by atoms with E-state index in [9.17, 15) is 4.79 Å². The minimum Gasteiger partial charge on any atom is -0.319 e. The van der Waals surface area contributed by atoms with Crippen molar-refractivity contribution in [2.45, 2.75) is 13.8 Å². The topological polar surface area (TPSA) is 46.9 Å². The molecular formula is C15H16ClN3O. The summed E-state index contributed by atoms with van der Waals surface area (Å²) in [6, 6.07) is 7.32. The maximum absolute atomic E-state index is 11.9. The number of nitrogens with one attached hydrogen (secondary N) is 1. The standard InChI is InChI=1S/C15H16ClN3O/c1-10-15(11(2)19(3)18-10)17-14(20)8-7-12-5-4-6-13(16)9-12/h4-9H,1-3H3,(H,17,20)/b8-7+. The van der Waals surface area contributed by atoms with Crippen molar-refractivity contribution >= 4 is 29.3 Å². The first-order chi connectivity index (χ1) is 9.47. The number of rotatable bonds is 3. The van der Waals surface area contributed by atoms with Gasteiger partial charge in [-0.3, -0.25) is 9.48 Å². The minimum absolute atomic E-state index is 0.191. The molecule has 0 radical (unpaired) electrons. The quantitative estimate of drug-likeness (QED) is 0.881. The molecule has 5 heteroatoms. The number of aryl methyl sites for hydroxylation is 2. The third-order valence-corrected chi connectivity index (χ3v) is 3.27. The molecule has 0 aliphatic heterocycles. The molecule has 0 spiro atoms. The Kier molecular flexibility index (Phi) is 4.25. The third kappa shape index (κ3) is 3.27. The molecule has 0 fully saturated rings. The van der Waals surface area contributed by atoms with Crippen molar-refractivity contribution in [1.29, 1.82) is 0 Å². The van der Waals surface area contributed by atoms with Gasteiger partial charge in [0.2, 0.25) is 5.91 Å². The summed E-state index contributed by atoms with van der Waals surface area (Å²) in [6.07, 6.45) is 3.21. The smallest absolute Gasteiger partial charge is 0.248 e. The van der Waals surface area contributed by atoms with E-state index in [1.165, 1.54) is 6.08 Å².